The van der Waals surface area contributed by atoms with Crippen molar-refractivity contribution in [2.24, 2.45) is 0 Å². The number of ketones is 1. The number of carbonyl (C=O) groups excluding carboxylic acids is 1. The Balaban J connectivity index is 2.72. The molecule has 0 fully saturated rings. The van der Waals surface area contributed by atoms with Crippen molar-refractivity contribution in [3.05, 3.63) is 35.7 Å². The van der Waals surface area contributed by atoms with Gasteiger partial charge in [0.05, 0.1) is 23.8 Å². The lowest BCUT2D eigenvalue weighted by atomic mass is 10.2. The molecule has 0 saturated heterocycles. The van der Waals surface area contributed by atoms with Crippen molar-refractivity contribution in [2.75, 3.05) is 14.2 Å². The minimum absolute atomic E-state index is 0.0877. The van der Waals surface area contributed by atoms with Crippen molar-refractivity contribution < 1.29 is 14.3 Å². The molecular formula is C13H12O3S. The predicted octanol–water partition coefficient (Wildman–Crippen LogP) is 3.29. The quantitative estimate of drug-likeness (QED) is 0.615. The number of ether oxygens (including phenoxy) is 2. The van der Waals surface area contributed by atoms with E-state index in [1.807, 2.05) is 18.2 Å². The van der Waals surface area contributed by atoms with Crippen molar-refractivity contribution in [1.29, 1.82) is 0 Å². The van der Waals surface area contributed by atoms with Crippen LogP contribution in [0.3, 0.4) is 0 Å². The molecule has 0 unspecified atom stereocenters. The van der Waals surface area contributed by atoms with E-state index in [4.69, 9.17) is 9.47 Å². The molecule has 0 aliphatic heterocycles. The summed E-state index contributed by atoms with van der Waals surface area (Å²) in [5, 5.41) is 0.891. The summed E-state index contributed by atoms with van der Waals surface area (Å²) >= 11 is 1.38. The molecular weight excluding hydrogens is 236 g/mol. The van der Waals surface area contributed by atoms with Gasteiger partial charge in [0.25, 0.3) is 0 Å². The fraction of sp³-hybridized carbons (Fsp3) is 0.154. The molecule has 1 heterocycles. The van der Waals surface area contributed by atoms with Gasteiger partial charge in [0.15, 0.2) is 5.78 Å². The molecule has 4 heteroatoms. The molecule has 2 rings (SSSR count). The number of hydrogen-bond acceptors (Lipinski definition) is 4. The second kappa shape index (κ2) is 4.59. The van der Waals surface area contributed by atoms with Crippen molar-refractivity contribution in [2.45, 2.75) is 0 Å². The number of fused-ring (bicyclic) bond motifs is 1. The fourth-order valence-corrected chi connectivity index (χ4v) is 2.74. The second-order valence-electron chi connectivity index (χ2n) is 3.39. The highest BCUT2D eigenvalue weighted by molar-refractivity contribution is 7.21. The van der Waals surface area contributed by atoms with Gasteiger partial charge >= 0.3 is 0 Å². The Morgan fingerprint density at radius 1 is 1.29 bits per heavy atom. The molecule has 17 heavy (non-hydrogen) atoms. The topological polar surface area (TPSA) is 35.5 Å². The van der Waals surface area contributed by atoms with Crippen LogP contribution in [0.15, 0.2) is 30.9 Å². The van der Waals surface area contributed by atoms with Gasteiger partial charge in [-0.25, -0.2) is 0 Å². The monoisotopic (exact) mass is 248 g/mol. The summed E-state index contributed by atoms with van der Waals surface area (Å²) in [7, 11) is 3.21. The van der Waals surface area contributed by atoms with Crippen LogP contribution in [0.2, 0.25) is 0 Å². The number of allylic oxidation sites excluding steroid dienone is 1. The van der Waals surface area contributed by atoms with E-state index < -0.39 is 0 Å². The van der Waals surface area contributed by atoms with Crippen molar-refractivity contribution in [3.63, 3.8) is 0 Å². The van der Waals surface area contributed by atoms with Crippen LogP contribution in [0.25, 0.3) is 10.1 Å². The lowest BCUT2D eigenvalue weighted by Gasteiger charge is -2.04. The van der Waals surface area contributed by atoms with E-state index >= 15 is 0 Å². The molecule has 0 saturated carbocycles. The molecule has 0 aliphatic rings. The number of hydrogen-bond donors (Lipinski definition) is 0. The maximum atomic E-state index is 11.6. The summed E-state index contributed by atoms with van der Waals surface area (Å²) < 4.78 is 11.5. The van der Waals surface area contributed by atoms with E-state index in [1.54, 1.807) is 14.2 Å². The van der Waals surface area contributed by atoms with Gasteiger partial charge in [-0.05, 0) is 24.3 Å². The van der Waals surface area contributed by atoms with Gasteiger partial charge in [-0.1, -0.05) is 6.58 Å². The van der Waals surface area contributed by atoms with Gasteiger partial charge in [-0.15, -0.1) is 11.3 Å². The molecule has 88 valence electrons. The van der Waals surface area contributed by atoms with E-state index in [1.165, 1.54) is 17.4 Å². The first-order valence-electron chi connectivity index (χ1n) is 5.02. The highest BCUT2D eigenvalue weighted by Crippen LogP contribution is 2.39. The summed E-state index contributed by atoms with van der Waals surface area (Å²) in [5.41, 5.74) is 0. The van der Waals surface area contributed by atoms with Gasteiger partial charge in [-0.3, -0.25) is 4.79 Å². The Hall–Kier alpha value is -1.81. The summed E-state index contributed by atoms with van der Waals surface area (Å²) in [6, 6.07) is 5.47. The Morgan fingerprint density at radius 2 is 1.94 bits per heavy atom. The highest BCUT2D eigenvalue weighted by Gasteiger charge is 2.14. The van der Waals surface area contributed by atoms with E-state index in [0.717, 1.165) is 21.6 Å². The Kier molecular flexibility index (Phi) is 3.15. The fourth-order valence-electron chi connectivity index (χ4n) is 1.63. The maximum Gasteiger partial charge on any atom is 0.195 e. The zero-order chi connectivity index (χ0) is 12.4. The van der Waals surface area contributed by atoms with Crippen molar-refractivity contribution >= 4 is 27.2 Å². The summed E-state index contributed by atoms with van der Waals surface area (Å²) in [6.45, 7) is 3.49. The van der Waals surface area contributed by atoms with E-state index in [9.17, 15) is 4.79 Å². The van der Waals surface area contributed by atoms with Gasteiger partial charge in [0.2, 0.25) is 0 Å². The van der Waals surface area contributed by atoms with E-state index in [-0.39, 0.29) is 5.78 Å². The Bertz CT molecular complexity index is 543. The van der Waals surface area contributed by atoms with Crippen LogP contribution in [0.1, 0.15) is 9.67 Å². The zero-order valence-electron chi connectivity index (χ0n) is 9.65. The highest BCUT2D eigenvalue weighted by atomic mass is 32.1. The first kappa shape index (κ1) is 11.7. The number of rotatable bonds is 4. The molecule has 0 N–H and O–H groups in total. The smallest absolute Gasteiger partial charge is 0.195 e. The number of benzene rings is 1. The summed E-state index contributed by atoms with van der Waals surface area (Å²) in [5.74, 6) is 1.39. The number of carbonyl (C=O) groups is 1. The van der Waals surface area contributed by atoms with Crippen LogP contribution in [-0.2, 0) is 0 Å². The Morgan fingerprint density at radius 3 is 2.53 bits per heavy atom. The number of methoxy groups -OCH3 is 2. The molecule has 1 aromatic heterocycles. The lowest BCUT2D eigenvalue weighted by molar-refractivity contribution is 0.105. The minimum Gasteiger partial charge on any atom is -0.496 e. The van der Waals surface area contributed by atoms with Crippen LogP contribution in [0, 0.1) is 0 Å². The van der Waals surface area contributed by atoms with Crippen LogP contribution < -0.4 is 9.47 Å². The first-order chi connectivity index (χ1) is 8.21. The molecule has 0 radical (unpaired) electrons. The third-order valence-electron chi connectivity index (χ3n) is 2.48. The van der Waals surface area contributed by atoms with Gasteiger partial charge in [0.1, 0.15) is 11.5 Å². The molecule has 0 aliphatic carbocycles. The lowest BCUT2D eigenvalue weighted by Crippen LogP contribution is -1.87. The third kappa shape index (κ3) is 1.91. The summed E-state index contributed by atoms with van der Waals surface area (Å²) in [6.07, 6.45) is 1.31. The van der Waals surface area contributed by atoms with Crippen molar-refractivity contribution in [1.82, 2.24) is 0 Å². The minimum atomic E-state index is -0.0877. The van der Waals surface area contributed by atoms with Crippen molar-refractivity contribution in [3.8, 4) is 11.5 Å². The van der Waals surface area contributed by atoms with Gasteiger partial charge in [0, 0.05) is 5.39 Å². The van der Waals surface area contributed by atoms with Crippen LogP contribution >= 0.6 is 11.3 Å². The van der Waals surface area contributed by atoms with Gasteiger partial charge < -0.3 is 9.47 Å². The largest absolute Gasteiger partial charge is 0.496 e. The molecule has 0 spiro atoms. The molecule has 3 nitrogen and oxygen atoms in total. The average Bonchev–Trinajstić information content (AvgIpc) is 2.81. The summed E-state index contributed by atoms with van der Waals surface area (Å²) in [4.78, 5) is 12.2. The molecule has 0 amide bonds. The van der Waals surface area contributed by atoms with E-state index in [0.29, 0.717) is 4.88 Å². The molecule has 0 bridgehead atoms. The van der Waals surface area contributed by atoms with Crippen LogP contribution in [0.4, 0.5) is 0 Å². The molecule has 1 aromatic carbocycles. The Labute approximate surface area is 103 Å². The van der Waals surface area contributed by atoms with E-state index in [2.05, 4.69) is 6.58 Å². The third-order valence-corrected chi connectivity index (χ3v) is 3.64. The first-order valence-corrected chi connectivity index (χ1v) is 5.84. The predicted molar refractivity (Wildman–Crippen MR) is 69.5 cm³/mol. The number of thiophene rings is 1. The maximum absolute atomic E-state index is 11.6. The zero-order valence-corrected chi connectivity index (χ0v) is 10.5. The second-order valence-corrected chi connectivity index (χ2v) is 4.44. The average molecular weight is 248 g/mol. The standard InChI is InChI=1S/C13H12O3S/c1-4-9(14)12-7-8-10(15-2)5-6-11(16-3)13(8)17-12/h4-7H,1H2,2-3H3. The van der Waals surface area contributed by atoms with Crippen LogP contribution in [0.5, 0.6) is 11.5 Å². The van der Waals surface area contributed by atoms with Gasteiger partial charge in [-0.2, -0.15) is 0 Å². The van der Waals surface area contributed by atoms with Crippen LogP contribution in [-0.4, -0.2) is 20.0 Å². The SMILES string of the molecule is C=CC(=O)c1cc2c(OC)ccc(OC)c2s1. The molecule has 2 aromatic rings. The normalized spacial score (nSPS) is 10.2. The molecule has 0 atom stereocenters.